The number of hydrogen-bond donors (Lipinski definition) is 2. The van der Waals surface area contributed by atoms with Crippen LogP contribution in [0.15, 0.2) is 46.9 Å². The molecule has 0 saturated heterocycles. The number of carbonyl (C=O) groups is 2. The number of amides is 2. The number of anilines is 1. The second-order valence-corrected chi connectivity index (χ2v) is 6.71. The first-order valence-corrected chi connectivity index (χ1v) is 8.00. The highest BCUT2D eigenvalue weighted by Crippen LogP contribution is 2.30. The lowest BCUT2D eigenvalue weighted by atomic mass is 10.1. The number of hydrogen-bond acceptors (Lipinski definition) is 4. The van der Waals surface area contributed by atoms with Crippen molar-refractivity contribution in [2.75, 3.05) is 11.9 Å². The Hall–Kier alpha value is -3.02. The molecule has 25 heavy (non-hydrogen) atoms. The number of rotatable bonds is 3. The normalized spacial score (nSPS) is 11.5. The highest BCUT2D eigenvalue weighted by molar-refractivity contribution is 6.06. The van der Waals surface area contributed by atoms with E-state index in [4.69, 9.17) is 9.15 Å². The Bertz CT molecular complexity index is 937. The van der Waals surface area contributed by atoms with Crippen LogP contribution in [0.5, 0.6) is 0 Å². The van der Waals surface area contributed by atoms with E-state index in [1.807, 2.05) is 30.3 Å². The fourth-order valence-electron chi connectivity index (χ4n) is 2.48. The number of furan rings is 1. The molecular weight excluding hydrogens is 320 g/mol. The maximum Gasteiger partial charge on any atom is 0.408 e. The number of benzene rings is 2. The van der Waals surface area contributed by atoms with Gasteiger partial charge in [0.25, 0.3) is 0 Å². The Morgan fingerprint density at radius 1 is 1.04 bits per heavy atom. The van der Waals surface area contributed by atoms with Gasteiger partial charge in [-0.1, -0.05) is 18.2 Å². The minimum atomic E-state index is -0.629. The Kier molecular flexibility index (Phi) is 4.35. The summed E-state index contributed by atoms with van der Waals surface area (Å²) in [5.74, 6) is -0.346. The molecule has 1 heterocycles. The first-order valence-electron chi connectivity index (χ1n) is 8.00. The van der Waals surface area contributed by atoms with Gasteiger partial charge in [-0.2, -0.15) is 0 Å². The molecule has 0 saturated carbocycles. The quantitative estimate of drug-likeness (QED) is 0.754. The summed E-state index contributed by atoms with van der Waals surface area (Å²) >= 11 is 0. The van der Waals surface area contributed by atoms with Crippen LogP contribution in [0.2, 0.25) is 0 Å². The van der Waals surface area contributed by atoms with Crippen LogP contribution in [0, 0.1) is 0 Å². The molecule has 0 radical (unpaired) electrons. The van der Waals surface area contributed by atoms with Crippen molar-refractivity contribution in [1.29, 1.82) is 0 Å². The van der Waals surface area contributed by atoms with Crippen molar-refractivity contribution >= 4 is 39.6 Å². The Balaban J connectivity index is 1.65. The second kappa shape index (κ2) is 6.47. The van der Waals surface area contributed by atoms with Gasteiger partial charge in [0.2, 0.25) is 5.91 Å². The van der Waals surface area contributed by atoms with Gasteiger partial charge < -0.3 is 19.8 Å². The fourth-order valence-corrected chi connectivity index (χ4v) is 2.48. The van der Waals surface area contributed by atoms with Gasteiger partial charge in [-0.25, -0.2) is 4.79 Å². The van der Waals surface area contributed by atoms with Gasteiger partial charge in [0.1, 0.15) is 23.3 Å². The first-order chi connectivity index (χ1) is 11.8. The van der Waals surface area contributed by atoms with Crippen molar-refractivity contribution in [3.63, 3.8) is 0 Å². The van der Waals surface area contributed by atoms with Crippen LogP contribution < -0.4 is 10.6 Å². The molecule has 130 valence electrons. The van der Waals surface area contributed by atoms with Crippen LogP contribution in [0.25, 0.3) is 21.9 Å². The van der Waals surface area contributed by atoms with Crippen LogP contribution in [0.3, 0.4) is 0 Å². The number of alkyl carbamates (subject to hydrolysis) is 1. The highest BCUT2D eigenvalue weighted by atomic mass is 16.6. The lowest BCUT2D eigenvalue weighted by Crippen LogP contribution is -2.37. The molecule has 2 N–H and O–H groups in total. The van der Waals surface area contributed by atoms with E-state index in [0.717, 1.165) is 16.4 Å². The molecule has 1 aromatic heterocycles. The lowest BCUT2D eigenvalue weighted by Gasteiger charge is -2.19. The maximum atomic E-state index is 12.0. The molecule has 3 aromatic rings. The van der Waals surface area contributed by atoms with Crippen LogP contribution in [0.4, 0.5) is 10.5 Å². The molecular formula is C19H20N2O4. The van der Waals surface area contributed by atoms with Gasteiger partial charge in [-0.3, -0.25) is 4.79 Å². The van der Waals surface area contributed by atoms with E-state index in [-0.39, 0.29) is 12.5 Å². The van der Waals surface area contributed by atoms with E-state index in [9.17, 15) is 9.59 Å². The molecule has 2 aromatic carbocycles. The fraction of sp³-hybridized carbons (Fsp3) is 0.263. The number of nitrogens with one attached hydrogen (secondary N) is 2. The van der Waals surface area contributed by atoms with Gasteiger partial charge >= 0.3 is 6.09 Å². The molecule has 6 heteroatoms. The molecule has 0 atom stereocenters. The number of fused-ring (bicyclic) bond motifs is 3. The second-order valence-electron chi connectivity index (χ2n) is 6.71. The molecule has 0 bridgehead atoms. The average Bonchev–Trinajstić information content (AvgIpc) is 2.89. The van der Waals surface area contributed by atoms with Crippen molar-refractivity contribution in [3.8, 4) is 0 Å². The molecule has 0 aliphatic rings. The monoisotopic (exact) mass is 340 g/mol. The highest BCUT2D eigenvalue weighted by Gasteiger charge is 2.16. The zero-order valence-electron chi connectivity index (χ0n) is 14.4. The maximum absolute atomic E-state index is 12.0. The molecule has 3 rings (SSSR count). The van der Waals surface area contributed by atoms with E-state index in [1.54, 1.807) is 32.9 Å². The van der Waals surface area contributed by atoms with Crippen LogP contribution in [-0.2, 0) is 9.53 Å². The first kappa shape index (κ1) is 16.8. The van der Waals surface area contributed by atoms with Crippen molar-refractivity contribution in [1.82, 2.24) is 5.32 Å². The van der Waals surface area contributed by atoms with Gasteiger partial charge in [-0.05, 0) is 39.0 Å². The zero-order valence-corrected chi connectivity index (χ0v) is 14.4. The summed E-state index contributed by atoms with van der Waals surface area (Å²) in [7, 11) is 0. The molecule has 0 spiro atoms. The van der Waals surface area contributed by atoms with E-state index in [1.165, 1.54) is 0 Å². The van der Waals surface area contributed by atoms with Crippen molar-refractivity contribution in [2.45, 2.75) is 26.4 Å². The van der Waals surface area contributed by atoms with Crippen molar-refractivity contribution < 1.29 is 18.7 Å². The smallest absolute Gasteiger partial charge is 0.408 e. The SMILES string of the molecule is CC(C)(C)OC(=O)NCC(=O)Nc1ccc2c(c1)oc1ccccc12. The predicted octanol–water partition coefficient (Wildman–Crippen LogP) is 4.05. The van der Waals surface area contributed by atoms with Crippen molar-refractivity contribution in [2.24, 2.45) is 0 Å². The van der Waals surface area contributed by atoms with Crippen LogP contribution in [-0.4, -0.2) is 24.1 Å². The van der Waals surface area contributed by atoms with Gasteiger partial charge in [0.15, 0.2) is 0 Å². The van der Waals surface area contributed by atoms with Crippen molar-refractivity contribution in [3.05, 3.63) is 42.5 Å². The molecule has 0 aliphatic heterocycles. The third-order valence-electron chi connectivity index (χ3n) is 3.45. The van der Waals surface area contributed by atoms with E-state index >= 15 is 0 Å². The van der Waals surface area contributed by atoms with E-state index in [0.29, 0.717) is 11.3 Å². The minimum Gasteiger partial charge on any atom is -0.456 e. The Morgan fingerprint density at radius 2 is 1.76 bits per heavy atom. The number of ether oxygens (including phenoxy) is 1. The number of carbonyl (C=O) groups excluding carboxylic acids is 2. The Labute approximate surface area is 145 Å². The topological polar surface area (TPSA) is 80.6 Å². The zero-order chi connectivity index (χ0) is 18.0. The summed E-state index contributed by atoms with van der Waals surface area (Å²) in [5, 5.41) is 7.16. The summed E-state index contributed by atoms with van der Waals surface area (Å²) in [5.41, 5.74) is 1.49. The summed E-state index contributed by atoms with van der Waals surface area (Å²) in [6.07, 6.45) is -0.629. The number of para-hydroxylation sites is 1. The van der Waals surface area contributed by atoms with E-state index < -0.39 is 11.7 Å². The standard InChI is InChI=1S/C19H20N2O4/c1-19(2,3)25-18(23)20-11-17(22)21-12-8-9-14-13-6-4-5-7-15(13)24-16(14)10-12/h4-10H,11H2,1-3H3,(H,20,23)(H,21,22). The van der Waals surface area contributed by atoms with E-state index in [2.05, 4.69) is 10.6 Å². The van der Waals surface area contributed by atoms with Gasteiger partial charge in [0, 0.05) is 22.5 Å². The van der Waals surface area contributed by atoms with Gasteiger partial charge in [-0.15, -0.1) is 0 Å². The molecule has 0 fully saturated rings. The molecule has 0 unspecified atom stereocenters. The molecule has 0 aliphatic carbocycles. The summed E-state index contributed by atoms with van der Waals surface area (Å²) in [4.78, 5) is 23.5. The minimum absolute atomic E-state index is 0.174. The lowest BCUT2D eigenvalue weighted by molar-refractivity contribution is -0.115. The predicted molar refractivity (Wildman–Crippen MR) is 96.6 cm³/mol. The summed E-state index contributed by atoms with van der Waals surface area (Å²) < 4.78 is 10.9. The third kappa shape index (κ3) is 4.09. The largest absolute Gasteiger partial charge is 0.456 e. The van der Waals surface area contributed by atoms with Gasteiger partial charge in [0.05, 0.1) is 0 Å². The average molecular weight is 340 g/mol. The third-order valence-corrected chi connectivity index (χ3v) is 3.45. The Morgan fingerprint density at radius 3 is 2.52 bits per heavy atom. The molecule has 6 nitrogen and oxygen atoms in total. The summed E-state index contributed by atoms with van der Waals surface area (Å²) in [6, 6.07) is 13.2. The summed E-state index contributed by atoms with van der Waals surface area (Å²) in [6.45, 7) is 5.10. The van der Waals surface area contributed by atoms with Crippen LogP contribution in [0.1, 0.15) is 20.8 Å². The molecule has 2 amide bonds. The van der Waals surface area contributed by atoms with Crippen LogP contribution >= 0.6 is 0 Å².